The van der Waals surface area contributed by atoms with Crippen molar-refractivity contribution in [1.29, 1.82) is 0 Å². The zero-order valence-corrected chi connectivity index (χ0v) is 23.0. The van der Waals surface area contributed by atoms with Crippen LogP contribution in [-0.4, -0.2) is 85.8 Å². The van der Waals surface area contributed by atoms with E-state index in [-0.39, 0.29) is 35.8 Å². The highest BCUT2D eigenvalue weighted by molar-refractivity contribution is 7.09. The van der Waals surface area contributed by atoms with Crippen molar-refractivity contribution >= 4 is 28.8 Å². The number of anilines is 1. The largest absolute Gasteiger partial charge is 0.491 e. The molecule has 2 aliphatic rings. The zero-order valence-electron chi connectivity index (χ0n) is 22.1. The van der Waals surface area contributed by atoms with Gasteiger partial charge in [0.25, 0.3) is 5.91 Å². The first kappa shape index (κ1) is 27.5. The smallest absolute Gasteiger partial charge is 0.257 e. The molecule has 2 amide bonds. The van der Waals surface area contributed by atoms with Gasteiger partial charge in [-0.25, -0.2) is 4.98 Å². The molecule has 0 spiro atoms. The predicted molar refractivity (Wildman–Crippen MR) is 143 cm³/mol. The van der Waals surface area contributed by atoms with Gasteiger partial charge in [-0.2, -0.15) is 0 Å². The Kier molecular flexibility index (Phi) is 9.53. The maximum atomic E-state index is 13.6. The van der Waals surface area contributed by atoms with Crippen LogP contribution in [0.1, 0.15) is 42.1 Å². The van der Waals surface area contributed by atoms with Crippen molar-refractivity contribution in [3.05, 3.63) is 40.3 Å². The molecule has 0 radical (unpaired) electrons. The molecular weight excluding hydrogens is 492 g/mol. The second-order valence-electron chi connectivity index (χ2n) is 10.0. The summed E-state index contributed by atoms with van der Waals surface area (Å²) < 4.78 is 17.5. The van der Waals surface area contributed by atoms with E-state index in [0.29, 0.717) is 56.2 Å². The van der Waals surface area contributed by atoms with E-state index in [4.69, 9.17) is 14.2 Å². The van der Waals surface area contributed by atoms with Gasteiger partial charge < -0.3 is 24.4 Å². The summed E-state index contributed by atoms with van der Waals surface area (Å²) in [7, 11) is 3.47. The first-order valence-corrected chi connectivity index (χ1v) is 13.8. The molecule has 1 N–H and O–H groups in total. The number of rotatable bonds is 5. The average Bonchev–Trinajstić information content (AvgIpc) is 3.42. The third-order valence-electron chi connectivity index (χ3n) is 7.26. The van der Waals surface area contributed by atoms with Gasteiger partial charge in [0, 0.05) is 69.7 Å². The SMILES string of the molecule is CO[C@@H]1CN(C)C(=O)c2cc(NC(=O)C3CCOCC3)ccc2OC[C@@H](C)N(Cc2nccs2)C[C@H]1C. The Labute approximate surface area is 223 Å². The number of carbonyl (C=O) groups excluding carboxylic acids is 2. The molecule has 37 heavy (non-hydrogen) atoms. The molecule has 0 unspecified atom stereocenters. The summed E-state index contributed by atoms with van der Waals surface area (Å²) in [4.78, 5) is 34.9. The molecule has 0 bridgehead atoms. The van der Waals surface area contributed by atoms with Crippen LogP contribution in [0.3, 0.4) is 0 Å². The molecule has 4 rings (SSSR count). The molecule has 0 saturated carbocycles. The molecule has 3 atom stereocenters. The summed E-state index contributed by atoms with van der Waals surface area (Å²) in [5.41, 5.74) is 1.01. The lowest BCUT2D eigenvalue weighted by Gasteiger charge is -2.35. The number of carbonyl (C=O) groups is 2. The molecule has 2 aliphatic heterocycles. The molecule has 1 fully saturated rings. The Balaban J connectivity index is 1.59. The molecule has 1 aromatic heterocycles. The fourth-order valence-corrected chi connectivity index (χ4v) is 5.50. The van der Waals surface area contributed by atoms with E-state index < -0.39 is 0 Å². The Morgan fingerprint density at radius 2 is 2.03 bits per heavy atom. The predicted octanol–water partition coefficient (Wildman–Crippen LogP) is 3.51. The standard InChI is InChI=1S/C27H38N4O5S/c1-18-14-31(16-25-28-9-12-37-25)19(2)17-36-23-6-5-21(29-26(32)20-7-10-35-11-8-20)13-22(23)27(33)30(3)15-24(18)34-4/h5-6,9,12-13,18-20,24H,7-8,10-11,14-17H2,1-4H3,(H,29,32)/t18-,19-,24-/m1/s1. The molecule has 10 heteroatoms. The first-order chi connectivity index (χ1) is 17.9. The maximum absolute atomic E-state index is 13.6. The van der Waals surface area contributed by atoms with E-state index in [9.17, 15) is 9.59 Å². The Bertz CT molecular complexity index is 1040. The minimum Gasteiger partial charge on any atom is -0.491 e. The Morgan fingerprint density at radius 1 is 1.24 bits per heavy atom. The molecule has 0 aliphatic carbocycles. The van der Waals surface area contributed by atoms with Gasteiger partial charge in [0.05, 0.1) is 18.2 Å². The minimum absolute atomic E-state index is 0.0437. The summed E-state index contributed by atoms with van der Waals surface area (Å²) in [6, 6.07) is 5.38. The number of amides is 2. The van der Waals surface area contributed by atoms with Gasteiger partial charge in [0.15, 0.2) is 0 Å². The van der Waals surface area contributed by atoms with E-state index >= 15 is 0 Å². The van der Waals surface area contributed by atoms with Gasteiger partial charge >= 0.3 is 0 Å². The topological polar surface area (TPSA) is 93.2 Å². The molecule has 3 heterocycles. The molecule has 1 aromatic carbocycles. The zero-order chi connectivity index (χ0) is 26.4. The van der Waals surface area contributed by atoms with Crippen LogP contribution in [-0.2, 0) is 20.8 Å². The van der Waals surface area contributed by atoms with Crippen LogP contribution in [0.15, 0.2) is 29.8 Å². The van der Waals surface area contributed by atoms with Crippen molar-refractivity contribution in [2.45, 2.75) is 45.4 Å². The molecular formula is C27H38N4O5S. The number of methoxy groups -OCH3 is 1. The van der Waals surface area contributed by atoms with Crippen LogP contribution < -0.4 is 10.1 Å². The van der Waals surface area contributed by atoms with Crippen molar-refractivity contribution in [3.63, 3.8) is 0 Å². The van der Waals surface area contributed by atoms with Crippen LogP contribution in [0.2, 0.25) is 0 Å². The van der Waals surface area contributed by atoms with Crippen LogP contribution in [0.4, 0.5) is 5.69 Å². The second-order valence-corrected chi connectivity index (χ2v) is 11.0. The Hall–Kier alpha value is -2.53. The van der Waals surface area contributed by atoms with E-state index in [1.165, 1.54) is 0 Å². The molecule has 2 aromatic rings. The quantitative estimate of drug-likeness (QED) is 0.632. The minimum atomic E-state index is -0.167. The van der Waals surface area contributed by atoms with Crippen molar-refractivity contribution in [2.24, 2.45) is 11.8 Å². The van der Waals surface area contributed by atoms with Crippen molar-refractivity contribution < 1.29 is 23.8 Å². The summed E-state index contributed by atoms with van der Waals surface area (Å²) in [6.45, 7) is 7.83. The third kappa shape index (κ3) is 7.07. The molecule has 9 nitrogen and oxygen atoms in total. The van der Waals surface area contributed by atoms with Crippen molar-refractivity contribution in [2.75, 3.05) is 52.4 Å². The van der Waals surface area contributed by atoms with Crippen molar-refractivity contribution in [1.82, 2.24) is 14.8 Å². The summed E-state index contributed by atoms with van der Waals surface area (Å²) in [5, 5.41) is 6.03. The highest BCUT2D eigenvalue weighted by Gasteiger charge is 2.29. The van der Waals surface area contributed by atoms with E-state index in [1.54, 1.807) is 48.6 Å². The first-order valence-electron chi connectivity index (χ1n) is 12.9. The molecule has 202 valence electrons. The number of ether oxygens (including phenoxy) is 3. The number of hydrogen-bond acceptors (Lipinski definition) is 8. The van der Waals surface area contributed by atoms with Crippen molar-refractivity contribution in [3.8, 4) is 5.75 Å². The monoisotopic (exact) mass is 530 g/mol. The van der Waals surface area contributed by atoms with Crippen LogP contribution in [0, 0.1) is 11.8 Å². The van der Waals surface area contributed by atoms with Gasteiger partial charge in [-0.15, -0.1) is 11.3 Å². The number of nitrogens with zero attached hydrogens (tertiary/aromatic N) is 3. The van der Waals surface area contributed by atoms with E-state index in [2.05, 4.69) is 29.0 Å². The summed E-state index contributed by atoms with van der Waals surface area (Å²) >= 11 is 1.64. The average molecular weight is 531 g/mol. The number of fused-ring (bicyclic) bond motifs is 1. The van der Waals surface area contributed by atoms with Crippen LogP contribution in [0.25, 0.3) is 0 Å². The van der Waals surface area contributed by atoms with E-state index in [0.717, 1.165) is 18.1 Å². The highest BCUT2D eigenvalue weighted by Crippen LogP contribution is 2.28. The summed E-state index contributed by atoms with van der Waals surface area (Å²) in [5.74, 6) is 0.381. The summed E-state index contributed by atoms with van der Waals surface area (Å²) in [6.07, 6.45) is 3.09. The van der Waals surface area contributed by atoms with Gasteiger partial charge in [-0.05, 0) is 43.9 Å². The lowest BCUT2D eigenvalue weighted by molar-refractivity contribution is -0.122. The lowest BCUT2D eigenvalue weighted by atomic mass is 9.99. The normalized spacial score (nSPS) is 24.5. The fourth-order valence-electron chi connectivity index (χ4n) is 4.86. The van der Waals surface area contributed by atoms with Crippen LogP contribution >= 0.6 is 11.3 Å². The number of benzene rings is 1. The lowest BCUT2D eigenvalue weighted by Crippen LogP contribution is -2.46. The molecule has 1 saturated heterocycles. The van der Waals surface area contributed by atoms with Gasteiger partial charge in [-0.3, -0.25) is 14.5 Å². The second kappa shape index (κ2) is 12.8. The number of nitrogens with one attached hydrogen (secondary N) is 1. The number of hydrogen-bond donors (Lipinski definition) is 1. The third-order valence-corrected chi connectivity index (χ3v) is 8.02. The maximum Gasteiger partial charge on any atom is 0.257 e. The highest BCUT2D eigenvalue weighted by atomic mass is 32.1. The number of likely N-dealkylation sites (N-methyl/N-ethyl adjacent to an activating group) is 1. The van der Waals surface area contributed by atoms with Gasteiger partial charge in [0.2, 0.25) is 5.91 Å². The van der Waals surface area contributed by atoms with E-state index in [1.807, 2.05) is 11.6 Å². The number of thiazole rings is 1. The van der Waals surface area contributed by atoms with Crippen LogP contribution in [0.5, 0.6) is 5.75 Å². The fraction of sp³-hybridized carbons (Fsp3) is 0.593. The Morgan fingerprint density at radius 3 is 2.73 bits per heavy atom. The van der Waals surface area contributed by atoms with Gasteiger partial charge in [0.1, 0.15) is 17.4 Å². The number of aromatic nitrogens is 1. The van der Waals surface area contributed by atoms with Gasteiger partial charge in [-0.1, -0.05) is 6.92 Å².